The highest BCUT2D eigenvalue weighted by atomic mass is 79.9. The molecular formula is C30H36Br2N6O4. The third-order valence-electron chi connectivity index (χ3n) is 8.45. The van der Waals surface area contributed by atoms with Crippen molar-refractivity contribution < 1.29 is 19.2 Å². The highest BCUT2D eigenvalue weighted by molar-refractivity contribution is 9.11. The molecule has 2 atom stereocenters. The number of amides is 4. The molecule has 5 rings (SSSR count). The van der Waals surface area contributed by atoms with Crippen molar-refractivity contribution in [1.82, 2.24) is 19.6 Å². The molecule has 0 unspecified atom stereocenters. The Balaban J connectivity index is 1.15. The lowest BCUT2D eigenvalue weighted by molar-refractivity contribution is -0.134. The fraction of sp³-hybridized carbons (Fsp3) is 0.467. The Bertz CT molecular complexity index is 1400. The Morgan fingerprint density at radius 2 is 1.64 bits per heavy atom. The number of piperidine rings is 1. The lowest BCUT2D eigenvalue weighted by Crippen LogP contribution is -2.51. The summed E-state index contributed by atoms with van der Waals surface area (Å²) in [6.45, 7) is 2.92. The van der Waals surface area contributed by atoms with Gasteiger partial charge in [-0.2, -0.15) is 0 Å². The number of likely N-dealkylation sites (N-methyl/N-ethyl adjacent to an activating group) is 2. The van der Waals surface area contributed by atoms with Crippen LogP contribution in [0.1, 0.15) is 45.5 Å². The Labute approximate surface area is 262 Å². The maximum Gasteiger partial charge on any atom is 0.322 e. The largest absolute Gasteiger partial charge is 0.397 e. The second-order valence-electron chi connectivity index (χ2n) is 11.7. The topological polar surface area (TPSA) is 119 Å². The van der Waals surface area contributed by atoms with E-state index >= 15 is 0 Å². The number of hydrogen-bond donors (Lipinski definition) is 2. The lowest BCUT2D eigenvalue weighted by Gasteiger charge is -2.40. The van der Waals surface area contributed by atoms with Gasteiger partial charge < -0.3 is 30.7 Å². The molecule has 2 heterocycles. The number of nitrogen functional groups attached to an aromatic ring is 1. The SMILES string of the molecule is CN(C)CCN(C)C(=O)c1ccc2c(c1)NC(=O)N(C1CCN(C(=O)[C@@H]3C[C@H]3C(=O)c3cc(Br)c(N)c(Br)c3)CC1)C2. The summed E-state index contributed by atoms with van der Waals surface area (Å²) in [5, 5.41) is 2.97. The maximum atomic E-state index is 13.2. The minimum atomic E-state index is -0.313. The minimum Gasteiger partial charge on any atom is -0.397 e. The van der Waals surface area contributed by atoms with Gasteiger partial charge in [0.2, 0.25) is 5.91 Å². The van der Waals surface area contributed by atoms with E-state index in [2.05, 4.69) is 37.2 Å². The van der Waals surface area contributed by atoms with Crippen molar-refractivity contribution in [3.63, 3.8) is 0 Å². The number of halogens is 2. The Hall–Kier alpha value is -2.96. The van der Waals surface area contributed by atoms with Crippen LogP contribution in [0.5, 0.6) is 0 Å². The summed E-state index contributed by atoms with van der Waals surface area (Å²) in [5.41, 5.74) is 9.18. The van der Waals surface area contributed by atoms with Gasteiger partial charge in [0.1, 0.15) is 0 Å². The molecule has 10 nitrogen and oxygen atoms in total. The second kappa shape index (κ2) is 12.3. The predicted octanol–water partition coefficient (Wildman–Crippen LogP) is 4.28. The van der Waals surface area contributed by atoms with Gasteiger partial charge in [-0.15, -0.1) is 0 Å². The number of hydrogen-bond acceptors (Lipinski definition) is 6. The molecule has 4 amide bonds. The monoisotopic (exact) mass is 702 g/mol. The molecule has 0 aromatic heterocycles. The van der Waals surface area contributed by atoms with Gasteiger partial charge in [0.05, 0.1) is 5.69 Å². The predicted molar refractivity (Wildman–Crippen MR) is 168 cm³/mol. The van der Waals surface area contributed by atoms with E-state index < -0.39 is 0 Å². The first-order chi connectivity index (χ1) is 19.9. The molecule has 0 spiro atoms. The number of rotatable bonds is 8. The average molecular weight is 704 g/mol. The maximum absolute atomic E-state index is 13.2. The van der Waals surface area contributed by atoms with Gasteiger partial charge in [0.25, 0.3) is 5.91 Å². The number of likely N-dealkylation sites (tertiary alicyclic amines) is 1. The minimum absolute atomic E-state index is 0.00165. The normalized spacial score (nSPS) is 20.3. The van der Waals surface area contributed by atoms with E-state index in [-0.39, 0.29) is 41.5 Å². The first kappa shape index (κ1) is 30.5. The van der Waals surface area contributed by atoms with Crippen LogP contribution in [0.25, 0.3) is 0 Å². The summed E-state index contributed by atoms with van der Waals surface area (Å²) < 4.78 is 1.29. The van der Waals surface area contributed by atoms with Crippen LogP contribution in [-0.4, -0.2) is 96.6 Å². The number of carbonyl (C=O) groups excluding carboxylic acids is 4. The first-order valence-corrected chi connectivity index (χ1v) is 15.7. The number of fused-ring (bicyclic) bond motifs is 1. The molecule has 1 aliphatic carbocycles. The van der Waals surface area contributed by atoms with E-state index in [1.807, 2.05) is 40.9 Å². The number of carbonyl (C=O) groups is 4. The van der Waals surface area contributed by atoms with E-state index in [1.54, 1.807) is 30.1 Å². The summed E-state index contributed by atoms with van der Waals surface area (Å²) in [6.07, 6.45) is 1.90. The van der Waals surface area contributed by atoms with Crippen LogP contribution in [0.3, 0.4) is 0 Å². The molecule has 0 bridgehead atoms. The van der Waals surface area contributed by atoms with Crippen molar-refractivity contribution in [3.8, 4) is 0 Å². The van der Waals surface area contributed by atoms with Crippen LogP contribution in [0.4, 0.5) is 16.2 Å². The standard InChI is InChI=1S/C30H36Br2N6O4/c1-35(2)10-11-36(3)28(40)17-4-5-18-16-38(30(42)34-25(18)14-17)20-6-8-37(9-7-20)29(41)22-15-21(22)27(39)19-12-23(31)26(33)24(32)13-19/h4-5,12-14,20-22H,6-11,15-16,33H2,1-3H3,(H,34,42)/t21-,22-/m1/s1. The van der Waals surface area contributed by atoms with Crippen molar-refractivity contribution in [3.05, 3.63) is 56.0 Å². The van der Waals surface area contributed by atoms with Gasteiger partial charge >= 0.3 is 6.03 Å². The molecular weight excluding hydrogens is 668 g/mol. The van der Waals surface area contributed by atoms with Gasteiger partial charge in [0.15, 0.2) is 5.78 Å². The molecule has 3 aliphatic rings. The number of nitrogens with zero attached hydrogens (tertiary/aromatic N) is 4. The van der Waals surface area contributed by atoms with Crippen LogP contribution >= 0.6 is 31.9 Å². The Morgan fingerprint density at radius 3 is 2.29 bits per heavy atom. The van der Waals surface area contributed by atoms with Crippen molar-refractivity contribution in [1.29, 1.82) is 0 Å². The van der Waals surface area contributed by atoms with Crippen molar-refractivity contribution >= 4 is 66.9 Å². The summed E-state index contributed by atoms with van der Waals surface area (Å²) >= 11 is 6.77. The molecule has 2 aromatic carbocycles. The summed E-state index contributed by atoms with van der Waals surface area (Å²) in [4.78, 5) is 59.6. The smallest absolute Gasteiger partial charge is 0.322 e. The number of benzene rings is 2. The zero-order valence-electron chi connectivity index (χ0n) is 24.0. The first-order valence-electron chi connectivity index (χ1n) is 14.1. The number of ketones is 1. The highest BCUT2D eigenvalue weighted by Gasteiger charge is 2.50. The van der Waals surface area contributed by atoms with Gasteiger partial charge in [-0.25, -0.2) is 4.79 Å². The molecule has 3 N–H and O–H groups in total. The van der Waals surface area contributed by atoms with E-state index in [4.69, 9.17) is 5.73 Å². The number of nitrogens with one attached hydrogen (secondary N) is 1. The van der Waals surface area contributed by atoms with Crippen LogP contribution < -0.4 is 11.1 Å². The summed E-state index contributed by atoms with van der Waals surface area (Å²) in [7, 11) is 5.71. The van der Waals surface area contributed by atoms with Gasteiger partial charge in [0, 0.05) is 83.4 Å². The van der Waals surface area contributed by atoms with Crippen LogP contribution in [0.2, 0.25) is 0 Å². The summed E-state index contributed by atoms with van der Waals surface area (Å²) in [5.74, 6) is -0.721. The number of urea groups is 1. The Kier molecular flexibility index (Phi) is 8.96. The second-order valence-corrected chi connectivity index (χ2v) is 13.4. The zero-order valence-corrected chi connectivity index (χ0v) is 27.2. The van der Waals surface area contributed by atoms with Gasteiger partial charge in [-0.1, -0.05) is 6.07 Å². The molecule has 42 heavy (non-hydrogen) atoms. The molecule has 2 aromatic rings. The summed E-state index contributed by atoms with van der Waals surface area (Å²) in [6, 6.07) is 8.72. The van der Waals surface area contributed by atoms with Crippen molar-refractivity contribution in [2.45, 2.75) is 31.8 Å². The lowest BCUT2D eigenvalue weighted by atomic mass is 9.99. The van der Waals surface area contributed by atoms with Crippen LogP contribution in [-0.2, 0) is 11.3 Å². The van der Waals surface area contributed by atoms with Crippen molar-refractivity contribution in [2.24, 2.45) is 11.8 Å². The van der Waals surface area contributed by atoms with E-state index in [0.29, 0.717) is 76.9 Å². The van der Waals surface area contributed by atoms with Crippen molar-refractivity contribution in [2.75, 3.05) is 58.4 Å². The number of nitrogens with two attached hydrogens (primary N) is 1. The highest BCUT2D eigenvalue weighted by Crippen LogP contribution is 2.44. The van der Waals surface area contributed by atoms with Crippen LogP contribution in [0, 0.1) is 11.8 Å². The zero-order chi connectivity index (χ0) is 30.3. The van der Waals surface area contributed by atoms with E-state index in [1.165, 1.54) is 0 Å². The molecule has 224 valence electrons. The molecule has 1 saturated heterocycles. The fourth-order valence-corrected chi connectivity index (χ4v) is 6.89. The van der Waals surface area contributed by atoms with Gasteiger partial charge in [-0.3, -0.25) is 14.4 Å². The van der Waals surface area contributed by atoms with E-state index in [9.17, 15) is 19.2 Å². The third-order valence-corrected chi connectivity index (χ3v) is 9.77. The molecule has 0 radical (unpaired) electrons. The number of Topliss-reactive ketones (excluding diaryl/α,β-unsaturated/α-hetero) is 1. The number of anilines is 2. The molecule has 1 saturated carbocycles. The quantitative estimate of drug-likeness (QED) is 0.313. The molecule has 12 heteroatoms. The molecule has 2 fully saturated rings. The van der Waals surface area contributed by atoms with Crippen LogP contribution in [0.15, 0.2) is 39.3 Å². The fourth-order valence-electron chi connectivity index (χ4n) is 5.70. The van der Waals surface area contributed by atoms with E-state index in [0.717, 1.165) is 12.1 Å². The Morgan fingerprint density at radius 1 is 0.976 bits per heavy atom. The average Bonchev–Trinajstić information content (AvgIpc) is 3.77. The van der Waals surface area contributed by atoms with Gasteiger partial charge in [-0.05, 0) is 95.0 Å². The third kappa shape index (κ3) is 6.35. The molecule has 2 aliphatic heterocycles.